The maximum absolute atomic E-state index is 12.3. The summed E-state index contributed by atoms with van der Waals surface area (Å²) in [7, 11) is 0. The Morgan fingerprint density at radius 2 is 2.30 bits per heavy atom. The summed E-state index contributed by atoms with van der Waals surface area (Å²) in [5.74, 6) is 0.271. The van der Waals surface area contributed by atoms with Crippen molar-refractivity contribution < 1.29 is 9.53 Å². The molecule has 110 valence electrons. The van der Waals surface area contributed by atoms with E-state index in [4.69, 9.17) is 4.74 Å². The minimum Gasteiger partial charge on any atom is -0.380 e. The van der Waals surface area contributed by atoms with Gasteiger partial charge in [0.25, 0.3) is 0 Å². The van der Waals surface area contributed by atoms with Crippen molar-refractivity contribution in [1.29, 1.82) is 0 Å². The van der Waals surface area contributed by atoms with E-state index in [2.05, 4.69) is 10.3 Å². The fourth-order valence-electron chi connectivity index (χ4n) is 3.04. The van der Waals surface area contributed by atoms with Crippen molar-refractivity contribution in [3.8, 4) is 0 Å². The van der Waals surface area contributed by atoms with Crippen LogP contribution in [0.3, 0.4) is 0 Å². The van der Waals surface area contributed by atoms with Crippen LogP contribution < -0.4 is 0 Å². The van der Waals surface area contributed by atoms with E-state index < -0.39 is 0 Å². The lowest BCUT2D eigenvalue weighted by Crippen LogP contribution is -2.40. The van der Waals surface area contributed by atoms with Gasteiger partial charge < -0.3 is 9.64 Å². The molecule has 5 heteroatoms. The van der Waals surface area contributed by atoms with E-state index in [1.807, 2.05) is 16.3 Å². The van der Waals surface area contributed by atoms with Gasteiger partial charge in [-0.2, -0.15) is 11.3 Å². The van der Waals surface area contributed by atoms with E-state index in [1.54, 1.807) is 11.3 Å². The lowest BCUT2D eigenvalue weighted by molar-refractivity contribution is -0.130. The smallest absolute Gasteiger partial charge is 0.227 e. The first kappa shape index (κ1) is 14.0. The van der Waals surface area contributed by atoms with Gasteiger partial charge in [0.2, 0.25) is 5.91 Å². The van der Waals surface area contributed by atoms with E-state index in [1.165, 1.54) is 0 Å². The molecular weight excluding hydrogens is 272 g/mol. The first-order valence-electron chi connectivity index (χ1n) is 7.43. The predicted octanol–water partition coefficient (Wildman–Crippen LogP) is 1.61. The molecule has 3 heterocycles. The second-order valence-electron chi connectivity index (χ2n) is 5.60. The van der Waals surface area contributed by atoms with Crippen LogP contribution in [0.5, 0.6) is 0 Å². The Balaban J connectivity index is 1.52. The number of nitrogens with zero attached hydrogens (tertiary/aromatic N) is 2. The molecule has 0 aromatic carbocycles. The number of carbonyl (C=O) groups excluding carboxylic acids is 1. The van der Waals surface area contributed by atoms with Crippen LogP contribution in [0.25, 0.3) is 0 Å². The number of hydrogen-bond donors (Lipinski definition) is 0. The molecule has 1 aromatic rings. The molecule has 1 atom stereocenters. The molecule has 2 aliphatic rings. The maximum Gasteiger partial charge on any atom is 0.227 e. The van der Waals surface area contributed by atoms with Gasteiger partial charge >= 0.3 is 0 Å². The van der Waals surface area contributed by atoms with Crippen LogP contribution in [0.15, 0.2) is 16.8 Å². The molecule has 2 fully saturated rings. The highest BCUT2D eigenvalue weighted by atomic mass is 32.1. The second kappa shape index (κ2) is 6.70. The van der Waals surface area contributed by atoms with E-state index >= 15 is 0 Å². The summed E-state index contributed by atoms with van der Waals surface area (Å²) in [5, 5.41) is 4.10. The van der Waals surface area contributed by atoms with Crippen LogP contribution in [-0.2, 0) is 16.0 Å². The number of thiophene rings is 1. The second-order valence-corrected chi connectivity index (χ2v) is 6.38. The Bertz CT molecular complexity index is 429. The summed E-state index contributed by atoms with van der Waals surface area (Å²) < 4.78 is 5.47. The third kappa shape index (κ3) is 3.40. The van der Waals surface area contributed by atoms with Crippen molar-refractivity contribution in [2.75, 3.05) is 39.4 Å². The van der Waals surface area contributed by atoms with Crippen LogP contribution in [-0.4, -0.2) is 61.1 Å². The monoisotopic (exact) mass is 294 g/mol. The van der Waals surface area contributed by atoms with Crippen molar-refractivity contribution in [2.45, 2.75) is 25.3 Å². The average Bonchev–Trinajstić information content (AvgIpc) is 3.09. The van der Waals surface area contributed by atoms with Gasteiger partial charge in [-0.1, -0.05) is 0 Å². The Hall–Kier alpha value is -0.910. The molecule has 0 saturated carbocycles. The minimum absolute atomic E-state index is 0.271. The van der Waals surface area contributed by atoms with Gasteiger partial charge in [-0.15, -0.1) is 0 Å². The van der Waals surface area contributed by atoms with Crippen molar-refractivity contribution in [1.82, 2.24) is 9.80 Å². The highest BCUT2D eigenvalue weighted by Crippen LogP contribution is 2.16. The topological polar surface area (TPSA) is 32.8 Å². The molecule has 2 aliphatic heterocycles. The third-order valence-corrected chi connectivity index (χ3v) is 4.97. The van der Waals surface area contributed by atoms with Gasteiger partial charge in [-0.25, -0.2) is 0 Å². The van der Waals surface area contributed by atoms with E-state index in [9.17, 15) is 4.79 Å². The molecule has 1 amide bonds. The molecule has 1 aromatic heterocycles. The summed E-state index contributed by atoms with van der Waals surface area (Å²) in [4.78, 5) is 16.9. The molecule has 4 nitrogen and oxygen atoms in total. The zero-order valence-corrected chi connectivity index (χ0v) is 12.6. The first-order chi connectivity index (χ1) is 9.83. The van der Waals surface area contributed by atoms with Gasteiger partial charge in [-0.05, 0) is 35.2 Å². The maximum atomic E-state index is 12.3. The summed E-state index contributed by atoms with van der Waals surface area (Å²) in [6.07, 6.45) is 2.77. The third-order valence-electron chi connectivity index (χ3n) is 4.24. The summed E-state index contributed by atoms with van der Waals surface area (Å²) >= 11 is 1.66. The lowest BCUT2D eigenvalue weighted by Gasteiger charge is -2.26. The molecule has 2 saturated heterocycles. The van der Waals surface area contributed by atoms with Crippen molar-refractivity contribution in [3.63, 3.8) is 0 Å². The quantitative estimate of drug-likeness (QED) is 0.849. The highest BCUT2D eigenvalue weighted by Gasteiger charge is 2.26. The SMILES string of the molecule is O=C(Cc1ccsc1)N1CCCN(C2CCOC2)CC1. The molecule has 1 unspecified atom stereocenters. The Kier molecular flexibility index (Phi) is 4.70. The number of carbonyl (C=O) groups is 1. The van der Waals surface area contributed by atoms with E-state index in [0.29, 0.717) is 12.5 Å². The van der Waals surface area contributed by atoms with Gasteiger partial charge in [0.1, 0.15) is 0 Å². The fraction of sp³-hybridized carbons (Fsp3) is 0.667. The van der Waals surface area contributed by atoms with Gasteiger partial charge in [-0.3, -0.25) is 9.69 Å². The molecule has 3 rings (SSSR count). The summed E-state index contributed by atoms with van der Waals surface area (Å²) in [6, 6.07) is 2.62. The van der Waals surface area contributed by atoms with Crippen LogP contribution in [0.2, 0.25) is 0 Å². The first-order valence-corrected chi connectivity index (χ1v) is 8.38. The number of amides is 1. The summed E-state index contributed by atoms with van der Waals surface area (Å²) in [6.45, 7) is 5.59. The molecule has 0 spiro atoms. The standard InChI is InChI=1S/C15H22N2O2S/c18-15(10-13-3-9-20-12-13)17-5-1-4-16(6-7-17)14-2-8-19-11-14/h3,9,12,14H,1-2,4-8,10-11H2. The Morgan fingerprint density at radius 3 is 3.05 bits per heavy atom. The Morgan fingerprint density at radius 1 is 1.35 bits per heavy atom. The van der Waals surface area contributed by atoms with Gasteiger partial charge in [0.15, 0.2) is 0 Å². The van der Waals surface area contributed by atoms with Crippen LogP contribution in [0.1, 0.15) is 18.4 Å². The Labute approximate surface area is 124 Å². The average molecular weight is 294 g/mol. The lowest BCUT2D eigenvalue weighted by atomic mass is 10.2. The van der Waals surface area contributed by atoms with Crippen LogP contribution >= 0.6 is 11.3 Å². The van der Waals surface area contributed by atoms with Crippen molar-refractivity contribution in [3.05, 3.63) is 22.4 Å². The van der Waals surface area contributed by atoms with Crippen LogP contribution in [0.4, 0.5) is 0 Å². The van der Waals surface area contributed by atoms with E-state index in [-0.39, 0.29) is 5.91 Å². The molecule has 0 bridgehead atoms. The predicted molar refractivity (Wildman–Crippen MR) is 80.0 cm³/mol. The van der Waals surface area contributed by atoms with Crippen LogP contribution in [0, 0.1) is 0 Å². The van der Waals surface area contributed by atoms with E-state index in [0.717, 1.165) is 57.8 Å². The normalized spacial score (nSPS) is 24.8. The van der Waals surface area contributed by atoms with Crippen molar-refractivity contribution >= 4 is 17.2 Å². The van der Waals surface area contributed by atoms with Gasteiger partial charge in [0.05, 0.1) is 13.0 Å². The number of ether oxygens (including phenoxy) is 1. The molecule has 20 heavy (non-hydrogen) atoms. The van der Waals surface area contributed by atoms with Gasteiger partial charge in [0, 0.05) is 38.8 Å². The molecule has 0 radical (unpaired) electrons. The van der Waals surface area contributed by atoms with Crippen molar-refractivity contribution in [2.24, 2.45) is 0 Å². The molecule has 0 aliphatic carbocycles. The summed E-state index contributed by atoms with van der Waals surface area (Å²) in [5.41, 5.74) is 1.14. The highest BCUT2D eigenvalue weighted by molar-refractivity contribution is 7.07. The number of rotatable bonds is 3. The largest absolute Gasteiger partial charge is 0.380 e. The minimum atomic E-state index is 0.271. The molecular formula is C15H22N2O2S. The number of hydrogen-bond acceptors (Lipinski definition) is 4. The fourth-order valence-corrected chi connectivity index (χ4v) is 3.71. The molecule has 0 N–H and O–H groups in total. The zero-order valence-electron chi connectivity index (χ0n) is 11.8. The zero-order chi connectivity index (χ0) is 13.8.